The molecule has 0 bridgehead atoms. The van der Waals surface area contributed by atoms with Gasteiger partial charge in [0.1, 0.15) is 5.01 Å². The molecule has 154 valence electrons. The molecule has 4 rings (SSSR count). The summed E-state index contributed by atoms with van der Waals surface area (Å²) in [7, 11) is 1.62. The molecule has 4 aromatic rings. The summed E-state index contributed by atoms with van der Waals surface area (Å²) in [6, 6.07) is 18.3. The maximum atomic E-state index is 6.25. The van der Waals surface area contributed by atoms with Crippen LogP contribution in [0.5, 0.6) is 11.5 Å². The molecule has 1 aromatic heterocycles. The highest BCUT2D eigenvalue weighted by atomic mass is 35.5. The molecule has 1 heterocycles. The van der Waals surface area contributed by atoms with Crippen molar-refractivity contribution < 1.29 is 9.47 Å². The SMILES string of the molecule is CCOc1c(CNc2ccc(-c3nc4ccc(C)cc4s3)cc2)cc(Cl)cc1OC. The molecule has 3 aromatic carbocycles. The van der Waals surface area contributed by atoms with Gasteiger partial charge in [0.05, 0.1) is 23.9 Å². The topological polar surface area (TPSA) is 43.4 Å². The third-order valence-electron chi connectivity index (χ3n) is 4.76. The summed E-state index contributed by atoms with van der Waals surface area (Å²) in [5.74, 6) is 1.36. The number of nitrogens with one attached hydrogen (secondary N) is 1. The van der Waals surface area contributed by atoms with Gasteiger partial charge in [0.25, 0.3) is 0 Å². The number of hydrogen-bond acceptors (Lipinski definition) is 5. The predicted octanol–water partition coefficient (Wildman–Crippen LogP) is 6.94. The van der Waals surface area contributed by atoms with Gasteiger partial charge in [-0.1, -0.05) is 17.7 Å². The van der Waals surface area contributed by atoms with Crippen molar-refractivity contribution in [1.29, 1.82) is 0 Å². The van der Waals surface area contributed by atoms with Crippen molar-refractivity contribution >= 4 is 38.8 Å². The number of methoxy groups -OCH3 is 1. The van der Waals surface area contributed by atoms with Gasteiger partial charge in [-0.15, -0.1) is 11.3 Å². The van der Waals surface area contributed by atoms with E-state index in [2.05, 4.69) is 54.7 Å². The van der Waals surface area contributed by atoms with Crippen LogP contribution in [0.1, 0.15) is 18.1 Å². The third-order valence-corrected chi connectivity index (χ3v) is 6.05. The van der Waals surface area contributed by atoms with Crippen molar-refractivity contribution in [3.05, 3.63) is 70.7 Å². The number of anilines is 1. The zero-order valence-corrected chi connectivity index (χ0v) is 18.7. The lowest BCUT2D eigenvalue weighted by molar-refractivity contribution is 0.308. The number of nitrogens with zero attached hydrogens (tertiary/aromatic N) is 1. The molecular weight excluding hydrogens is 416 g/mol. The molecule has 0 spiro atoms. The first-order chi connectivity index (χ1) is 14.6. The fourth-order valence-electron chi connectivity index (χ4n) is 3.30. The zero-order chi connectivity index (χ0) is 21.1. The minimum atomic E-state index is 0.557. The van der Waals surface area contributed by atoms with Crippen LogP contribution in [-0.4, -0.2) is 18.7 Å². The van der Waals surface area contributed by atoms with Crippen LogP contribution in [0, 0.1) is 6.92 Å². The Balaban J connectivity index is 1.52. The van der Waals surface area contributed by atoms with E-state index in [1.54, 1.807) is 24.5 Å². The average Bonchev–Trinajstić information content (AvgIpc) is 3.17. The van der Waals surface area contributed by atoms with Gasteiger partial charge in [0.15, 0.2) is 11.5 Å². The Hall–Kier alpha value is -2.76. The maximum absolute atomic E-state index is 6.25. The Kier molecular flexibility index (Phi) is 6.11. The maximum Gasteiger partial charge on any atom is 0.166 e. The highest BCUT2D eigenvalue weighted by Crippen LogP contribution is 2.35. The second-order valence-electron chi connectivity index (χ2n) is 6.95. The highest BCUT2D eigenvalue weighted by Gasteiger charge is 2.13. The van der Waals surface area contributed by atoms with Crippen LogP contribution in [0.3, 0.4) is 0 Å². The van der Waals surface area contributed by atoms with Crippen LogP contribution >= 0.6 is 22.9 Å². The minimum absolute atomic E-state index is 0.557. The zero-order valence-electron chi connectivity index (χ0n) is 17.2. The van der Waals surface area contributed by atoms with Crippen LogP contribution in [-0.2, 0) is 6.54 Å². The van der Waals surface area contributed by atoms with Gasteiger partial charge in [-0.05, 0) is 61.9 Å². The van der Waals surface area contributed by atoms with Gasteiger partial charge in [-0.2, -0.15) is 0 Å². The molecule has 1 N–H and O–H groups in total. The molecule has 0 amide bonds. The number of benzene rings is 3. The van der Waals surface area contributed by atoms with Crippen molar-refractivity contribution in [2.75, 3.05) is 19.0 Å². The first-order valence-electron chi connectivity index (χ1n) is 9.78. The Morgan fingerprint density at radius 3 is 2.60 bits per heavy atom. The summed E-state index contributed by atoms with van der Waals surface area (Å²) in [6.07, 6.45) is 0. The van der Waals surface area contributed by atoms with E-state index in [-0.39, 0.29) is 0 Å². The molecule has 0 aliphatic heterocycles. The molecule has 0 saturated carbocycles. The summed E-state index contributed by atoms with van der Waals surface area (Å²) in [4.78, 5) is 4.76. The van der Waals surface area contributed by atoms with Gasteiger partial charge >= 0.3 is 0 Å². The van der Waals surface area contributed by atoms with Crippen molar-refractivity contribution in [3.63, 3.8) is 0 Å². The quantitative estimate of drug-likeness (QED) is 0.339. The fourth-order valence-corrected chi connectivity index (χ4v) is 4.60. The van der Waals surface area contributed by atoms with Gasteiger partial charge in [-0.3, -0.25) is 0 Å². The Morgan fingerprint density at radius 1 is 1.07 bits per heavy atom. The second kappa shape index (κ2) is 8.94. The Morgan fingerprint density at radius 2 is 1.87 bits per heavy atom. The number of aromatic nitrogens is 1. The number of thiazole rings is 1. The van der Waals surface area contributed by atoms with E-state index >= 15 is 0 Å². The van der Waals surface area contributed by atoms with E-state index in [1.165, 1.54) is 10.3 Å². The molecule has 0 fully saturated rings. The van der Waals surface area contributed by atoms with Crippen molar-refractivity contribution in [2.45, 2.75) is 20.4 Å². The number of ether oxygens (including phenoxy) is 2. The molecule has 30 heavy (non-hydrogen) atoms. The number of rotatable bonds is 7. The molecule has 0 aliphatic rings. The number of fused-ring (bicyclic) bond motifs is 1. The van der Waals surface area contributed by atoms with E-state index < -0.39 is 0 Å². The summed E-state index contributed by atoms with van der Waals surface area (Å²) in [6.45, 7) is 5.19. The minimum Gasteiger partial charge on any atom is -0.493 e. The molecule has 0 saturated heterocycles. The molecule has 0 unspecified atom stereocenters. The van der Waals surface area contributed by atoms with Crippen LogP contribution in [0.25, 0.3) is 20.8 Å². The molecular formula is C24H23ClN2O2S. The summed E-state index contributed by atoms with van der Waals surface area (Å²) >= 11 is 7.96. The molecule has 4 nitrogen and oxygen atoms in total. The first kappa shape index (κ1) is 20.5. The van der Waals surface area contributed by atoms with Crippen molar-refractivity contribution in [3.8, 4) is 22.1 Å². The number of hydrogen-bond donors (Lipinski definition) is 1. The van der Waals surface area contributed by atoms with Crippen LogP contribution in [0.2, 0.25) is 5.02 Å². The molecule has 6 heteroatoms. The van der Waals surface area contributed by atoms with E-state index in [0.29, 0.717) is 23.9 Å². The van der Waals surface area contributed by atoms with Crippen molar-refractivity contribution in [1.82, 2.24) is 4.98 Å². The van der Waals surface area contributed by atoms with Crippen LogP contribution in [0.4, 0.5) is 5.69 Å². The number of halogens is 1. The predicted molar refractivity (Wildman–Crippen MR) is 126 cm³/mol. The Bertz CT molecular complexity index is 1170. The monoisotopic (exact) mass is 438 g/mol. The van der Waals surface area contributed by atoms with Crippen LogP contribution < -0.4 is 14.8 Å². The molecule has 0 radical (unpaired) electrons. The average molecular weight is 439 g/mol. The van der Waals surface area contributed by atoms with E-state index in [0.717, 1.165) is 33.1 Å². The highest BCUT2D eigenvalue weighted by molar-refractivity contribution is 7.21. The normalized spacial score (nSPS) is 10.9. The lowest BCUT2D eigenvalue weighted by Crippen LogP contribution is -2.05. The van der Waals surface area contributed by atoms with Gasteiger partial charge in [-0.25, -0.2) is 4.98 Å². The summed E-state index contributed by atoms with van der Waals surface area (Å²) in [5.41, 5.74) is 5.37. The van der Waals surface area contributed by atoms with Gasteiger partial charge < -0.3 is 14.8 Å². The third kappa shape index (κ3) is 4.37. The van der Waals surface area contributed by atoms with E-state index in [9.17, 15) is 0 Å². The number of aryl methyl sites for hydroxylation is 1. The lowest BCUT2D eigenvalue weighted by Gasteiger charge is -2.16. The summed E-state index contributed by atoms with van der Waals surface area (Å²) < 4.78 is 12.4. The molecule has 0 atom stereocenters. The van der Waals surface area contributed by atoms with Crippen molar-refractivity contribution in [2.24, 2.45) is 0 Å². The molecule has 0 aliphatic carbocycles. The second-order valence-corrected chi connectivity index (χ2v) is 8.42. The standard InChI is InChI=1S/C24H23ClN2O2S/c1-4-29-23-17(12-18(25)13-21(23)28-3)14-26-19-8-6-16(7-9-19)24-27-20-10-5-15(2)11-22(20)30-24/h5-13,26H,4,14H2,1-3H3. The summed E-state index contributed by atoms with van der Waals surface area (Å²) in [5, 5.41) is 5.09. The first-order valence-corrected chi connectivity index (χ1v) is 11.0. The largest absolute Gasteiger partial charge is 0.493 e. The van der Waals surface area contributed by atoms with E-state index in [1.807, 2.05) is 13.0 Å². The fraction of sp³-hybridized carbons (Fsp3) is 0.208. The van der Waals surface area contributed by atoms with E-state index in [4.69, 9.17) is 26.1 Å². The van der Waals surface area contributed by atoms with Crippen LogP contribution in [0.15, 0.2) is 54.6 Å². The van der Waals surface area contributed by atoms with Gasteiger partial charge in [0, 0.05) is 34.4 Å². The Labute approximate surface area is 185 Å². The lowest BCUT2D eigenvalue weighted by atomic mass is 10.1. The smallest absolute Gasteiger partial charge is 0.166 e. The van der Waals surface area contributed by atoms with Gasteiger partial charge in [0.2, 0.25) is 0 Å².